The van der Waals surface area contributed by atoms with E-state index in [0.717, 1.165) is 53.9 Å². The number of carbonyl (C=O) groups excluding carboxylic acids is 2. The minimum Gasteiger partial charge on any atom is -0.384 e. The summed E-state index contributed by atoms with van der Waals surface area (Å²) in [7, 11) is 0. The smallest absolute Gasteiger partial charge is 0.254 e. The van der Waals surface area contributed by atoms with Crippen LogP contribution < -0.4 is 16.0 Å². The number of nitrogens with one attached hydrogen (secondary N) is 1. The maximum atomic E-state index is 12.8. The predicted molar refractivity (Wildman–Crippen MR) is 124 cm³/mol. The molecule has 8 nitrogen and oxygen atoms in total. The standard InChI is InChI=1S/C25H26N6O2/c1-14-8-15(2-6-22(14)31-13-16-9-19(16)25(31)33)11-30-12-17(10-27-30)24(32)29-21-5-4-20-18(21)3-7-23(26)28-20/h2-3,6-8,10,12,16,19,21H,4-5,9,11,13H2,1H3,(H2,26,28)(H,29,32)/t16-,19-,21+/m0/s1. The highest BCUT2D eigenvalue weighted by Crippen LogP contribution is 2.47. The Labute approximate surface area is 191 Å². The molecule has 2 amide bonds. The number of anilines is 2. The number of amides is 2. The van der Waals surface area contributed by atoms with Crippen molar-refractivity contribution in [1.82, 2.24) is 20.1 Å². The van der Waals surface area contributed by atoms with Gasteiger partial charge in [-0.2, -0.15) is 5.10 Å². The number of fused-ring (bicyclic) bond motifs is 2. The SMILES string of the molecule is Cc1cc(Cn2cc(C(=O)N[C@@H]3CCc4nc(N)ccc43)cn2)ccc1N1C[C@@H]2C[C@@H]2C1=O. The van der Waals surface area contributed by atoms with Gasteiger partial charge in [-0.3, -0.25) is 14.3 Å². The molecule has 6 rings (SSSR count). The van der Waals surface area contributed by atoms with Gasteiger partial charge in [-0.05, 0) is 60.9 Å². The molecule has 3 aromatic rings. The van der Waals surface area contributed by atoms with Gasteiger partial charge >= 0.3 is 0 Å². The van der Waals surface area contributed by atoms with Crippen molar-refractivity contribution in [3.8, 4) is 0 Å². The molecule has 3 atom stereocenters. The molecular formula is C25H26N6O2. The number of nitrogens with two attached hydrogens (primary N) is 1. The van der Waals surface area contributed by atoms with Crippen LogP contribution in [0.1, 0.15) is 51.6 Å². The molecule has 33 heavy (non-hydrogen) atoms. The highest BCUT2D eigenvalue weighted by atomic mass is 16.2. The largest absolute Gasteiger partial charge is 0.384 e. The summed E-state index contributed by atoms with van der Waals surface area (Å²) in [5, 5.41) is 7.48. The van der Waals surface area contributed by atoms with E-state index in [9.17, 15) is 9.59 Å². The molecule has 2 aromatic heterocycles. The summed E-state index contributed by atoms with van der Waals surface area (Å²) in [6, 6.07) is 9.83. The van der Waals surface area contributed by atoms with Crippen molar-refractivity contribution in [3.05, 3.63) is 70.7 Å². The Bertz CT molecular complexity index is 1280. The Kier molecular flexibility index (Phi) is 4.50. The molecule has 0 bridgehead atoms. The fourth-order valence-electron chi connectivity index (χ4n) is 5.24. The van der Waals surface area contributed by atoms with Crippen LogP contribution in [-0.2, 0) is 17.8 Å². The van der Waals surface area contributed by atoms with E-state index in [1.165, 1.54) is 0 Å². The van der Waals surface area contributed by atoms with E-state index in [2.05, 4.69) is 21.5 Å². The third-order valence-electron chi connectivity index (χ3n) is 7.10. The molecule has 1 saturated heterocycles. The van der Waals surface area contributed by atoms with E-state index in [0.29, 0.717) is 23.8 Å². The van der Waals surface area contributed by atoms with Crippen LogP contribution in [-0.4, -0.2) is 33.1 Å². The van der Waals surface area contributed by atoms with Crippen molar-refractivity contribution >= 4 is 23.3 Å². The maximum Gasteiger partial charge on any atom is 0.254 e. The zero-order chi connectivity index (χ0) is 22.7. The van der Waals surface area contributed by atoms with Crippen LogP contribution in [0.4, 0.5) is 11.5 Å². The first-order valence-corrected chi connectivity index (χ1v) is 11.5. The number of nitrogens with zero attached hydrogens (tertiary/aromatic N) is 4. The number of carbonyl (C=O) groups is 2. The van der Waals surface area contributed by atoms with Crippen LogP contribution in [0, 0.1) is 18.8 Å². The van der Waals surface area contributed by atoms with E-state index in [1.54, 1.807) is 23.1 Å². The van der Waals surface area contributed by atoms with E-state index in [4.69, 9.17) is 5.73 Å². The molecule has 2 aliphatic carbocycles. The van der Waals surface area contributed by atoms with Gasteiger partial charge in [0.1, 0.15) is 5.82 Å². The fourth-order valence-corrected chi connectivity index (χ4v) is 5.24. The molecular weight excluding hydrogens is 416 g/mol. The summed E-state index contributed by atoms with van der Waals surface area (Å²) in [4.78, 5) is 31.5. The molecule has 1 aromatic carbocycles. The zero-order valence-electron chi connectivity index (χ0n) is 18.5. The van der Waals surface area contributed by atoms with Crippen LogP contribution >= 0.6 is 0 Å². The van der Waals surface area contributed by atoms with E-state index < -0.39 is 0 Å². The molecule has 1 saturated carbocycles. The van der Waals surface area contributed by atoms with Crippen molar-refractivity contribution in [2.75, 3.05) is 17.2 Å². The van der Waals surface area contributed by atoms with Gasteiger partial charge in [0.2, 0.25) is 5.91 Å². The van der Waals surface area contributed by atoms with Crippen molar-refractivity contribution in [2.45, 2.75) is 38.8 Å². The fraction of sp³-hybridized carbons (Fsp3) is 0.360. The molecule has 1 aliphatic heterocycles. The number of aromatic nitrogens is 3. The number of aryl methyl sites for hydroxylation is 2. The lowest BCUT2D eigenvalue weighted by Gasteiger charge is -2.21. The monoisotopic (exact) mass is 442 g/mol. The molecule has 3 heterocycles. The van der Waals surface area contributed by atoms with Gasteiger partial charge in [0.15, 0.2) is 0 Å². The van der Waals surface area contributed by atoms with Crippen LogP contribution in [0.5, 0.6) is 0 Å². The minimum absolute atomic E-state index is 0.0570. The molecule has 3 aliphatic rings. The van der Waals surface area contributed by atoms with Gasteiger partial charge in [0, 0.05) is 30.0 Å². The van der Waals surface area contributed by atoms with Gasteiger partial charge in [0.25, 0.3) is 5.91 Å². The quantitative estimate of drug-likeness (QED) is 0.632. The second-order valence-corrected chi connectivity index (χ2v) is 9.44. The summed E-state index contributed by atoms with van der Waals surface area (Å²) in [6.45, 7) is 3.44. The molecule has 168 valence electrons. The molecule has 2 fully saturated rings. The summed E-state index contributed by atoms with van der Waals surface area (Å²) in [5.41, 5.74) is 11.5. The van der Waals surface area contributed by atoms with Crippen LogP contribution in [0.2, 0.25) is 0 Å². The topological polar surface area (TPSA) is 106 Å². The third-order valence-corrected chi connectivity index (χ3v) is 7.10. The van der Waals surface area contributed by atoms with Crippen molar-refractivity contribution in [3.63, 3.8) is 0 Å². The Morgan fingerprint density at radius 3 is 2.94 bits per heavy atom. The van der Waals surface area contributed by atoms with Gasteiger partial charge in [-0.15, -0.1) is 0 Å². The first-order valence-electron chi connectivity index (χ1n) is 11.5. The average Bonchev–Trinajstić information content (AvgIpc) is 3.07. The van der Waals surface area contributed by atoms with E-state index in [1.807, 2.05) is 30.0 Å². The molecule has 0 spiro atoms. The number of rotatable bonds is 5. The van der Waals surface area contributed by atoms with Crippen LogP contribution in [0.25, 0.3) is 0 Å². The lowest BCUT2D eigenvalue weighted by molar-refractivity contribution is -0.118. The Hall–Kier alpha value is -3.68. The Morgan fingerprint density at radius 2 is 2.15 bits per heavy atom. The van der Waals surface area contributed by atoms with Gasteiger partial charge in [0.05, 0.1) is 24.3 Å². The second kappa shape index (κ2) is 7.43. The van der Waals surface area contributed by atoms with Gasteiger partial charge in [-0.1, -0.05) is 18.2 Å². The highest BCUT2D eigenvalue weighted by Gasteiger charge is 2.52. The number of nitrogen functional groups attached to an aromatic ring is 1. The number of hydrogen-bond donors (Lipinski definition) is 2. The first-order chi connectivity index (χ1) is 16.0. The Balaban J connectivity index is 1.12. The summed E-state index contributed by atoms with van der Waals surface area (Å²) in [6.07, 6.45) is 6.05. The second-order valence-electron chi connectivity index (χ2n) is 9.44. The van der Waals surface area contributed by atoms with Crippen molar-refractivity contribution in [1.29, 1.82) is 0 Å². The van der Waals surface area contributed by atoms with Gasteiger partial charge < -0.3 is 16.0 Å². The summed E-state index contributed by atoms with van der Waals surface area (Å²) in [5.74, 6) is 1.44. The molecule has 8 heteroatoms. The number of benzene rings is 1. The normalized spacial score (nSPS) is 22.9. The summed E-state index contributed by atoms with van der Waals surface area (Å²) >= 11 is 0. The Morgan fingerprint density at radius 1 is 1.27 bits per heavy atom. The molecule has 0 radical (unpaired) electrons. The van der Waals surface area contributed by atoms with E-state index in [-0.39, 0.29) is 23.8 Å². The van der Waals surface area contributed by atoms with Crippen molar-refractivity contribution in [2.24, 2.45) is 11.8 Å². The molecule has 3 N–H and O–H groups in total. The lowest BCUT2D eigenvalue weighted by Crippen LogP contribution is -2.28. The number of hydrogen-bond acceptors (Lipinski definition) is 5. The third kappa shape index (κ3) is 3.55. The highest BCUT2D eigenvalue weighted by molar-refractivity contribution is 6.00. The van der Waals surface area contributed by atoms with Crippen molar-refractivity contribution < 1.29 is 9.59 Å². The predicted octanol–water partition coefficient (Wildman–Crippen LogP) is 2.62. The average molecular weight is 443 g/mol. The maximum absolute atomic E-state index is 12.8. The first kappa shape index (κ1) is 20.0. The van der Waals surface area contributed by atoms with Gasteiger partial charge in [-0.25, -0.2) is 4.98 Å². The zero-order valence-corrected chi connectivity index (χ0v) is 18.5. The minimum atomic E-state index is -0.145. The van der Waals surface area contributed by atoms with Crippen LogP contribution in [0.3, 0.4) is 0 Å². The molecule has 0 unspecified atom stereocenters. The lowest BCUT2D eigenvalue weighted by atomic mass is 10.1. The van der Waals surface area contributed by atoms with E-state index >= 15 is 0 Å². The number of pyridine rings is 1. The number of piperidine rings is 1. The summed E-state index contributed by atoms with van der Waals surface area (Å²) < 4.78 is 1.77. The van der Waals surface area contributed by atoms with Crippen LogP contribution in [0.15, 0.2) is 42.7 Å².